The number of anilines is 1. The summed E-state index contributed by atoms with van der Waals surface area (Å²) in [6.45, 7) is 5.74. The molecule has 0 spiro atoms. The van der Waals surface area contributed by atoms with Gasteiger partial charge in [-0.2, -0.15) is 0 Å². The Morgan fingerprint density at radius 3 is 2.45 bits per heavy atom. The average molecular weight is 391 g/mol. The minimum atomic E-state index is -0.661. The Bertz CT molecular complexity index is 1020. The van der Waals surface area contributed by atoms with Gasteiger partial charge >= 0.3 is 5.97 Å². The first-order valence-electron chi connectivity index (χ1n) is 9.77. The molecule has 0 radical (unpaired) electrons. The number of hydrogen-bond donors (Lipinski definition) is 1. The molecule has 0 aliphatic carbocycles. The molecule has 3 aromatic carbocycles. The van der Waals surface area contributed by atoms with Crippen LogP contribution in [-0.4, -0.2) is 24.6 Å². The molecule has 0 aromatic heterocycles. The van der Waals surface area contributed by atoms with Crippen LogP contribution in [-0.2, 0) is 9.53 Å². The molecule has 1 N–H and O–H groups in total. The number of fused-ring (bicyclic) bond motifs is 1. The molecule has 0 fully saturated rings. The lowest BCUT2D eigenvalue weighted by atomic mass is 10.1. The van der Waals surface area contributed by atoms with Gasteiger partial charge in [0.2, 0.25) is 0 Å². The van der Waals surface area contributed by atoms with Gasteiger partial charge in [-0.15, -0.1) is 0 Å². The normalized spacial score (nSPS) is 11.7. The van der Waals surface area contributed by atoms with Crippen molar-refractivity contribution >= 4 is 28.3 Å². The fraction of sp³-hybridized carbons (Fsp3) is 0.250. The molecular formula is C24H25NO4. The summed E-state index contributed by atoms with van der Waals surface area (Å²) >= 11 is 0. The zero-order valence-corrected chi connectivity index (χ0v) is 16.9. The van der Waals surface area contributed by atoms with Crippen molar-refractivity contribution in [1.29, 1.82) is 0 Å². The Hall–Kier alpha value is -3.34. The molecule has 3 aromatic rings. The monoisotopic (exact) mass is 391 g/mol. The van der Waals surface area contributed by atoms with Crippen LogP contribution in [0, 0.1) is 6.92 Å². The highest BCUT2D eigenvalue weighted by atomic mass is 16.5. The van der Waals surface area contributed by atoms with Crippen LogP contribution in [0.5, 0.6) is 5.75 Å². The highest BCUT2D eigenvalue weighted by Crippen LogP contribution is 2.27. The van der Waals surface area contributed by atoms with Gasteiger partial charge in [-0.25, -0.2) is 4.79 Å². The van der Waals surface area contributed by atoms with E-state index in [4.69, 9.17) is 9.47 Å². The van der Waals surface area contributed by atoms with Crippen LogP contribution < -0.4 is 10.1 Å². The van der Waals surface area contributed by atoms with E-state index in [1.807, 2.05) is 49.4 Å². The van der Waals surface area contributed by atoms with Gasteiger partial charge in [0, 0.05) is 11.1 Å². The number of ether oxygens (including phenoxy) is 2. The van der Waals surface area contributed by atoms with Crippen LogP contribution in [0.3, 0.4) is 0 Å². The van der Waals surface area contributed by atoms with Crippen molar-refractivity contribution in [2.24, 2.45) is 0 Å². The van der Waals surface area contributed by atoms with Crippen LogP contribution >= 0.6 is 0 Å². The highest BCUT2D eigenvalue weighted by molar-refractivity contribution is 5.98. The first-order valence-corrected chi connectivity index (χ1v) is 9.77. The van der Waals surface area contributed by atoms with E-state index in [0.717, 1.165) is 10.8 Å². The van der Waals surface area contributed by atoms with Crippen LogP contribution in [0.15, 0.2) is 60.7 Å². The molecule has 29 heavy (non-hydrogen) atoms. The van der Waals surface area contributed by atoms with Crippen LogP contribution in [0.25, 0.3) is 10.8 Å². The van der Waals surface area contributed by atoms with Crippen molar-refractivity contribution in [1.82, 2.24) is 0 Å². The lowest BCUT2D eigenvalue weighted by molar-refractivity contribution is -0.122. The predicted octanol–water partition coefficient (Wildman–Crippen LogP) is 5.12. The number of amides is 1. The molecule has 0 aliphatic rings. The number of hydrogen-bond acceptors (Lipinski definition) is 4. The predicted molar refractivity (Wildman–Crippen MR) is 114 cm³/mol. The van der Waals surface area contributed by atoms with Crippen molar-refractivity contribution in [3.63, 3.8) is 0 Å². The fourth-order valence-corrected chi connectivity index (χ4v) is 3.19. The summed E-state index contributed by atoms with van der Waals surface area (Å²) < 4.78 is 11.1. The molecule has 5 nitrogen and oxygen atoms in total. The van der Waals surface area contributed by atoms with E-state index in [0.29, 0.717) is 35.6 Å². The SMILES string of the molecule is CCOC(=O)c1cccc(NC(=O)[C@H](CC)Oc2cccc3ccccc23)c1C. The zero-order chi connectivity index (χ0) is 20.8. The third kappa shape index (κ3) is 4.57. The third-order valence-corrected chi connectivity index (χ3v) is 4.77. The molecule has 1 atom stereocenters. The Balaban J connectivity index is 1.80. The average Bonchev–Trinajstić information content (AvgIpc) is 2.73. The van der Waals surface area contributed by atoms with E-state index < -0.39 is 12.1 Å². The Labute approximate surface area is 170 Å². The van der Waals surface area contributed by atoms with E-state index in [1.54, 1.807) is 32.0 Å². The Morgan fingerprint density at radius 2 is 1.69 bits per heavy atom. The van der Waals surface area contributed by atoms with Gasteiger partial charge < -0.3 is 14.8 Å². The summed E-state index contributed by atoms with van der Waals surface area (Å²) in [5, 5.41) is 4.91. The highest BCUT2D eigenvalue weighted by Gasteiger charge is 2.21. The van der Waals surface area contributed by atoms with Gasteiger partial charge in [0.1, 0.15) is 5.75 Å². The summed E-state index contributed by atoms with van der Waals surface area (Å²) in [5.74, 6) is 0.00628. The van der Waals surface area contributed by atoms with Gasteiger partial charge in [-0.1, -0.05) is 49.4 Å². The van der Waals surface area contributed by atoms with Gasteiger partial charge in [-0.3, -0.25) is 4.79 Å². The minimum absolute atomic E-state index is 0.260. The van der Waals surface area contributed by atoms with Crippen molar-refractivity contribution in [2.75, 3.05) is 11.9 Å². The molecule has 0 aliphatic heterocycles. The maximum absolute atomic E-state index is 12.9. The summed E-state index contributed by atoms with van der Waals surface area (Å²) in [7, 11) is 0. The summed E-state index contributed by atoms with van der Waals surface area (Å²) in [5.41, 5.74) is 1.67. The van der Waals surface area contributed by atoms with Crippen molar-refractivity contribution in [2.45, 2.75) is 33.3 Å². The number of benzene rings is 3. The van der Waals surface area contributed by atoms with Crippen LogP contribution in [0.2, 0.25) is 0 Å². The zero-order valence-electron chi connectivity index (χ0n) is 16.9. The largest absolute Gasteiger partial charge is 0.480 e. The van der Waals surface area contributed by atoms with Crippen LogP contribution in [0.1, 0.15) is 36.2 Å². The number of rotatable bonds is 7. The topological polar surface area (TPSA) is 64.6 Å². The van der Waals surface area contributed by atoms with Gasteiger partial charge in [0.15, 0.2) is 6.10 Å². The second kappa shape index (κ2) is 9.24. The number of nitrogens with one attached hydrogen (secondary N) is 1. The molecule has 0 bridgehead atoms. The first kappa shape index (κ1) is 20.4. The van der Waals surface area contributed by atoms with E-state index in [1.165, 1.54) is 0 Å². The van der Waals surface area contributed by atoms with Crippen LogP contribution in [0.4, 0.5) is 5.69 Å². The minimum Gasteiger partial charge on any atom is -0.480 e. The Morgan fingerprint density at radius 1 is 0.966 bits per heavy atom. The fourth-order valence-electron chi connectivity index (χ4n) is 3.19. The number of esters is 1. The van der Waals surface area contributed by atoms with E-state index in [-0.39, 0.29) is 5.91 Å². The molecule has 150 valence electrons. The second-order valence-electron chi connectivity index (χ2n) is 6.68. The maximum Gasteiger partial charge on any atom is 0.338 e. The quantitative estimate of drug-likeness (QED) is 0.568. The molecule has 0 unspecified atom stereocenters. The summed E-state index contributed by atoms with van der Waals surface area (Å²) in [4.78, 5) is 25.0. The maximum atomic E-state index is 12.9. The smallest absolute Gasteiger partial charge is 0.338 e. The van der Waals surface area contributed by atoms with Gasteiger partial charge in [0.25, 0.3) is 5.91 Å². The first-order chi connectivity index (χ1) is 14.0. The van der Waals surface area contributed by atoms with E-state index >= 15 is 0 Å². The van der Waals surface area contributed by atoms with Gasteiger partial charge in [0.05, 0.1) is 12.2 Å². The molecule has 0 saturated heterocycles. The third-order valence-electron chi connectivity index (χ3n) is 4.77. The molecule has 3 rings (SSSR count). The number of carbonyl (C=O) groups excluding carboxylic acids is 2. The van der Waals surface area contributed by atoms with Crippen molar-refractivity contribution < 1.29 is 19.1 Å². The number of carbonyl (C=O) groups is 2. The molecular weight excluding hydrogens is 366 g/mol. The molecule has 1 amide bonds. The van der Waals surface area contributed by atoms with Crippen molar-refractivity contribution in [3.8, 4) is 5.75 Å². The van der Waals surface area contributed by atoms with Gasteiger partial charge in [-0.05, 0) is 49.4 Å². The summed E-state index contributed by atoms with van der Waals surface area (Å²) in [6, 6.07) is 18.9. The molecule has 5 heteroatoms. The van der Waals surface area contributed by atoms with Crippen molar-refractivity contribution in [3.05, 3.63) is 71.8 Å². The molecule has 0 saturated carbocycles. The lowest BCUT2D eigenvalue weighted by Gasteiger charge is -2.19. The molecule has 0 heterocycles. The summed E-state index contributed by atoms with van der Waals surface area (Å²) in [6.07, 6.45) is -0.155. The lowest BCUT2D eigenvalue weighted by Crippen LogP contribution is -2.32. The van der Waals surface area contributed by atoms with E-state index in [9.17, 15) is 9.59 Å². The second-order valence-corrected chi connectivity index (χ2v) is 6.68. The van der Waals surface area contributed by atoms with E-state index in [2.05, 4.69) is 5.32 Å². The Kier molecular flexibility index (Phi) is 6.50. The standard InChI is InChI=1S/C24H25NO4/c1-4-21(29-22-15-8-11-17-10-6-7-12-19(17)22)23(26)25-20-14-9-13-18(16(20)3)24(27)28-5-2/h6-15,21H,4-5H2,1-3H3,(H,25,26)/t21-/m0/s1.